The first-order chi connectivity index (χ1) is 15.1. The van der Waals surface area contributed by atoms with Gasteiger partial charge in [-0.15, -0.1) is 0 Å². The molecule has 3 aromatic rings. The number of likely N-dealkylation sites (tertiary alicyclic amines) is 1. The molecule has 0 saturated carbocycles. The highest BCUT2D eigenvalue weighted by atomic mass is 16.5. The van der Waals surface area contributed by atoms with Crippen LogP contribution in [0.3, 0.4) is 0 Å². The lowest BCUT2D eigenvalue weighted by molar-refractivity contribution is -0.117. The number of anilines is 1. The summed E-state index contributed by atoms with van der Waals surface area (Å²) in [7, 11) is 0. The van der Waals surface area contributed by atoms with Crippen molar-refractivity contribution in [3.05, 3.63) is 60.4 Å². The molecule has 0 aliphatic carbocycles. The van der Waals surface area contributed by atoms with E-state index in [1.54, 1.807) is 31.2 Å². The number of aromatic nitrogens is 2. The number of nitrogens with one attached hydrogen (secondary N) is 1. The summed E-state index contributed by atoms with van der Waals surface area (Å²) in [5.74, 6) is 0.0310. The third-order valence-electron chi connectivity index (χ3n) is 5.75. The fourth-order valence-electron chi connectivity index (χ4n) is 4.13. The number of imidazole rings is 1. The van der Waals surface area contributed by atoms with Crippen LogP contribution >= 0.6 is 0 Å². The normalized spacial score (nSPS) is 15.1. The molecule has 4 rings (SSSR count). The van der Waals surface area contributed by atoms with Crippen LogP contribution in [0.15, 0.2) is 54.9 Å². The number of esters is 1. The number of hydrogen-bond acceptors (Lipinski definition) is 5. The fourth-order valence-corrected chi connectivity index (χ4v) is 4.13. The highest BCUT2D eigenvalue weighted by molar-refractivity contribution is 6.01. The lowest BCUT2D eigenvalue weighted by Gasteiger charge is -2.31. The molecule has 7 heteroatoms. The summed E-state index contributed by atoms with van der Waals surface area (Å²) in [6.07, 6.45) is 4.00. The Bertz CT molecular complexity index is 1050. The minimum atomic E-state index is -0.425. The Balaban J connectivity index is 1.28. The maximum atomic E-state index is 12.6. The second kappa shape index (κ2) is 9.75. The highest BCUT2D eigenvalue weighted by Crippen LogP contribution is 2.22. The number of hydrogen-bond donors (Lipinski definition) is 1. The SMILES string of the molecule is CCOC(=O)c1ccccc1NC(=O)CN1CCC(Cn2cnc3ccccc32)CC1. The van der Waals surface area contributed by atoms with Crippen LogP contribution in [0.5, 0.6) is 0 Å². The molecule has 2 heterocycles. The number of benzene rings is 2. The van der Waals surface area contributed by atoms with Crippen LogP contribution < -0.4 is 5.32 Å². The maximum Gasteiger partial charge on any atom is 0.340 e. The van der Waals surface area contributed by atoms with Crippen molar-refractivity contribution in [1.82, 2.24) is 14.5 Å². The van der Waals surface area contributed by atoms with Crippen LogP contribution in [0, 0.1) is 5.92 Å². The zero-order chi connectivity index (χ0) is 21.6. The predicted octanol–water partition coefficient (Wildman–Crippen LogP) is 3.56. The van der Waals surface area contributed by atoms with Gasteiger partial charge in [-0.25, -0.2) is 9.78 Å². The van der Waals surface area contributed by atoms with Gasteiger partial charge in [-0.05, 0) is 63.0 Å². The van der Waals surface area contributed by atoms with Crippen LogP contribution in [0.4, 0.5) is 5.69 Å². The molecule has 0 bridgehead atoms. The fraction of sp³-hybridized carbons (Fsp3) is 0.375. The first kappa shape index (κ1) is 21.1. The van der Waals surface area contributed by atoms with Crippen molar-refractivity contribution in [1.29, 1.82) is 0 Å². The lowest BCUT2D eigenvalue weighted by atomic mass is 9.96. The van der Waals surface area contributed by atoms with Crippen molar-refractivity contribution in [2.75, 3.05) is 31.6 Å². The van der Waals surface area contributed by atoms with Gasteiger partial charge in [0.05, 0.1) is 41.8 Å². The molecule has 0 atom stereocenters. The number of piperidine rings is 1. The second-order valence-corrected chi connectivity index (χ2v) is 7.92. The molecule has 7 nitrogen and oxygen atoms in total. The number of fused-ring (bicyclic) bond motifs is 1. The average Bonchev–Trinajstić information content (AvgIpc) is 3.18. The number of amides is 1. The van der Waals surface area contributed by atoms with E-state index in [9.17, 15) is 9.59 Å². The summed E-state index contributed by atoms with van der Waals surface area (Å²) in [5, 5.41) is 2.87. The third kappa shape index (κ3) is 5.11. The summed E-state index contributed by atoms with van der Waals surface area (Å²) >= 11 is 0. The van der Waals surface area contributed by atoms with Crippen LogP contribution in [0.2, 0.25) is 0 Å². The van der Waals surface area contributed by atoms with E-state index in [0.29, 0.717) is 30.3 Å². The molecule has 31 heavy (non-hydrogen) atoms. The van der Waals surface area contributed by atoms with Crippen LogP contribution in [-0.2, 0) is 16.1 Å². The molecule has 1 aliphatic rings. The van der Waals surface area contributed by atoms with Crippen molar-refractivity contribution in [2.45, 2.75) is 26.3 Å². The Morgan fingerprint density at radius 2 is 1.84 bits per heavy atom. The topological polar surface area (TPSA) is 76.5 Å². The molecule has 162 valence electrons. The van der Waals surface area contributed by atoms with Crippen molar-refractivity contribution in [3.8, 4) is 0 Å². The standard InChI is InChI=1S/C24H28N4O3/c1-2-31-24(30)19-7-3-4-8-20(19)26-23(29)16-27-13-11-18(12-14-27)15-28-17-25-21-9-5-6-10-22(21)28/h3-10,17-18H,2,11-16H2,1H3,(H,26,29). The van der Waals surface area contributed by atoms with E-state index in [2.05, 4.69) is 25.8 Å². The minimum Gasteiger partial charge on any atom is -0.462 e. The van der Waals surface area contributed by atoms with Gasteiger partial charge in [0.25, 0.3) is 0 Å². The van der Waals surface area contributed by atoms with E-state index < -0.39 is 5.97 Å². The van der Waals surface area contributed by atoms with Gasteiger partial charge < -0.3 is 14.6 Å². The van der Waals surface area contributed by atoms with Crippen molar-refractivity contribution in [3.63, 3.8) is 0 Å². The Hall–Kier alpha value is -3.19. The molecule has 1 aromatic heterocycles. The molecule has 1 N–H and O–H groups in total. The lowest BCUT2D eigenvalue weighted by Crippen LogP contribution is -2.40. The molecule has 0 spiro atoms. The number of carbonyl (C=O) groups excluding carboxylic acids is 2. The van der Waals surface area contributed by atoms with E-state index in [0.717, 1.165) is 38.0 Å². The van der Waals surface area contributed by atoms with E-state index in [1.165, 1.54) is 5.52 Å². The summed E-state index contributed by atoms with van der Waals surface area (Å²) in [4.78, 5) is 31.3. The molecule has 2 aromatic carbocycles. The minimum absolute atomic E-state index is 0.115. The van der Waals surface area contributed by atoms with E-state index in [-0.39, 0.29) is 5.91 Å². The summed E-state index contributed by atoms with van der Waals surface area (Å²) in [5.41, 5.74) is 3.07. The van der Waals surface area contributed by atoms with Gasteiger partial charge in [0, 0.05) is 6.54 Å². The summed E-state index contributed by atoms with van der Waals surface area (Å²) in [6.45, 7) is 5.09. The van der Waals surface area contributed by atoms with E-state index in [4.69, 9.17) is 4.74 Å². The predicted molar refractivity (Wildman–Crippen MR) is 120 cm³/mol. The van der Waals surface area contributed by atoms with Crippen LogP contribution in [-0.4, -0.2) is 52.6 Å². The van der Waals surface area contributed by atoms with Gasteiger partial charge >= 0.3 is 5.97 Å². The highest BCUT2D eigenvalue weighted by Gasteiger charge is 2.22. The molecular weight excluding hydrogens is 392 g/mol. The largest absolute Gasteiger partial charge is 0.462 e. The average molecular weight is 421 g/mol. The summed E-state index contributed by atoms with van der Waals surface area (Å²) in [6, 6.07) is 15.1. The van der Waals surface area contributed by atoms with Crippen LogP contribution in [0.1, 0.15) is 30.1 Å². The van der Waals surface area contributed by atoms with Gasteiger partial charge in [0.15, 0.2) is 0 Å². The zero-order valence-corrected chi connectivity index (χ0v) is 17.8. The first-order valence-corrected chi connectivity index (χ1v) is 10.8. The van der Waals surface area contributed by atoms with Gasteiger partial charge in [-0.2, -0.15) is 0 Å². The number of ether oxygens (including phenoxy) is 1. The first-order valence-electron chi connectivity index (χ1n) is 10.8. The molecule has 1 fully saturated rings. The molecular formula is C24H28N4O3. The Morgan fingerprint density at radius 3 is 2.65 bits per heavy atom. The van der Waals surface area contributed by atoms with Gasteiger partial charge in [-0.1, -0.05) is 24.3 Å². The molecule has 1 aliphatic heterocycles. The van der Waals surface area contributed by atoms with Gasteiger partial charge in [0.2, 0.25) is 5.91 Å². The smallest absolute Gasteiger partial charge is 0.340 e. The Kier molecular flexibility index (Phi) is 6.62. The second-order valence-electron chi connectivity index (χ2n) is 7.92. The van der Waals surface area contributed by atoms with E-state index >= 15 is 0 Å². The van der Waals surface area contributed by atoms with E-state index in [1.807, 2.05) is 24.5 Å². The Labute approximate surface area is 182 Å². The Morgan fingerprint density at radius 1 is 1.10 bits per heavy atom. The van der Waals surface area contributed by atoms with Crippen molar-refractivity contribution in [2.24, 2.45) is 5.92 Å². The number of carbonyl (C=O) groups is 2. The van der Waals surface area contributed by atoms with Crippen molar-refractivity contribution < 1.29 is 14.3 Å². The quantitative estimate of drug-likeness (QED) is 0.592. The number of para-hydroxylation sites is 3. The third-order valence-corrected chi connectivity index (χ3v) is 5.75. The molecule has 0 radical (unpaired) electrons. The molecule has 0 unspecified atom stereocenters. The zero-order valence-electron chi connectivity index (χ0n) is 17.8. The van der Waals surface area contributed by atoms with Crippen molar-refractivity contribution >= 4 is 28.6 Å². The number of rotatable bonds is 7. The van der Waals surface area contributed by atoms with Gasteiger partial charge in [-0.3, -0.25) is 9.69 Å². The van der Waals surface area contributed by atoms with Crippen LogP contribution in [0.25, 0.3) is 11.0 Å². The molecule has 1 amide bonds. The maximum absolute atomic E-state index is 12.6. The monoisotopic (exact) mass is 420 g/mol. The van der Waals surface area contributed by atoms with Gasteiger partial charge in [0.1, 0.15) is 0 Å². The molecule has 1 saturated heterocycles. The summed E-state index contributed by atoms with van der Waals surface area (Å²) < 4.78 is 7.31. The number of nitrogens with zero attached hydrogens (tertiary/aromatic N) is 3.